The highest BCUT2D eigenvalue weighted by Gasteiger charge is 2.38. The van der Waals surface area contributed by atoms with Crippen LogP contribution in [0.2, 0.25) is 0 Å². The predicted octanol–water partition coefficient (Wildman–Crippen LogP) is 2.06. The van der Waals surface area contributed by atoms with E-state index in [1.165, 1.54) is 5.56 Å². The van der Waals surface area contributed by atoms with Crippen LogP contribution < -0.4 is 5.73 Å². The van der Waals surface area contributed by atoms with E-state index in [4.69, 9.17) is 5.73 Å². The zero-order valence-electron chi connectivity index (χ0n) is 15.8. The van der Waals surface area contributed by atoms with E-state index in [1.807, 2.05) is 28.0 Å². The van der Waals surface area contributed by atoms with Gasteiger partial charge in [-0.05, 0) is 43.2 Å². The zero-order valence-corrected chi connectivity index (χ0v) is 15.8. The van der Waals surface area contributed by atoms with Crippen LogP contribution in [-0.2, 0) is 16.0 Å². The summed E-state index contributed by atoms with van der Waals surface area (Å²) in [5.41, 5.74) is 7.12. The van der Waals surface area contributed by atoms with Gasteiger partial charge in [0.25, 0.3) is 0 Å². The summed E-state index contributed by atoms with van der Waals surface area (Å²) in [7, 11) is 0. The van der Waals surface area contributed by atoms with Crippen LogP contribution in [0.1, 0.15) is 38.2 Å². The number of amides is 2. The summed E-state index contributed by atoms with van der Waals surface area (Å²) in [5, 5.41) is 0. The van der Waals surface area contributed by atoms with Crippen LogP contribution in [0.25, 0.3) is 0 Å². The number of aryl methyl sites for hydroxylation is 1. The fraction of sp³-hybridized carbons (Fsp3) is 0.619. The molecule has 5 heteroatoms. The molecule has 142 valence electrons. The summed E-state index contributed by atoms with van der Waals surface area (Å²) < 4.78 is 0. The smallest absolute Gasteiger partial charge is 0.225 e. The minimum Gasteiger partial charge on any atom is -0.343 e. The number of carbonyl (C=O) groups is 2. The Hall–Kier alpha value is -1.88. The molecule has 2 aliphatic rings. The van der Waals surface area contributed by atoms with Gasteiger partial charge in [-0.25, -0.2) is 0 Å². The summed E-state index contributed by atoms with van der Waals surface area (Å²) in [6.07, 6.45) is 3.89. The Morgan fingerprint density at radius 3 is 2.42 bits per heavy atom. The van der Waals surface area contributed by atoms with Crippen molar-refractivity contribution in [2.45, 2.75) is 39.0 Å². The average Bonchev–Trinajstić information content (AvgIpc) is 3.09. The van der Waals surface area contributed by atoms with E-state index in [9.17, 15) is 9.59 Å². The monoisotopic (exact) mass is 357 g/mol. The lowest BCUT2D eigenvalue weighted by Gasteiger charge is -2.33. The van der Waals surface area contributed by atoms with E-state index < -0.39 is 0 Å². The molecule has 0 radical (unpaired) electrons. The van der Waals surface area contributed by atoms with Crippen molar-refractivity contribution in [2.75, 3.05) is 32.7 Å². The molecule has 5 nitrogen and oxygen atoms in total. The topological polar surface area (TPSA) is 66.6 Å². The number of carbonyl (C=O) groups excluding carboxylic acids is 2. The first-order valence-electron chi connectivity index (χ1n) is 9.81. The number of likely N-dealkylation sites (tertiary alicyclic amines) is 2. The third kappa shape index (κ3) is 4.44. The van der Waals surface area contributed by atoms with Gasteiger partial charge in [-0.2, -0.15) is 0 Å². The van der Waals surface area contributed by atoms with Gasteiger partial charge in [-0.15, -0.1) is 0 Å². The highest BCUT2D eigenvalue weighted by Crippen LogP contribution is 2.31. The van der Waals surface area contributed by atoms with Crippen LogP contribution in [-0.4, -0.2) is 54.3 Å². The van der Waals surface area contributed by atoms with Gasteiger partial charge in [0, 0.05) is 38.5 Å². The predicted molar refractivity (Wildman–Crippen MR) is 102 cm³/mol. The van der Waals surface area contributed by atoms with Gasteiger partial charge in [0.2, 0.25) is 11.8 Å². The van der Waals surface area contributed by atoms with Gasteiger partial charge in [0.05, 0.1) is 0 Å². The van der Waals surface area contributed by atoms with E-state index in [-0.39, 0.29) is 23.1 Å². The third-order valence-electron chi connectivity index (χ3n) is 6.03. The van der Waals surface area contributed by atoms with Crippen LogP contribution in [0.15, 0.2) is 30.3 Å². The van der Waals surface area contributed by atoms with E-state index in [0.29, 0.717) is 26.1 Å². The number of hydrogen-bond donors (Lipinski definition) is 1. The van der Waals surface area contributed by atoms with Crippen LogP contribution in [0.5, 0.6) is 0 Å². The van der Waals surface area contributed by atoms with E-state index in [1.54, 1.807) is 0 Å². The highest BCUT2D eigenvalue weighted by atomic mass is 16.2. The van der Waals surface area contributed by atoms with E-state index in [0.717, 1.165) is 38.8 Å². The van der Waals surface area contributed by atoms with Crippen LogP contribution in [0.4, 0.5) is 0 Å². The molecule has 2 aliphatic heterocycles. The zero-order chi connectivity index (χ0) is 18.6. The van der Waals surface area contributed by atoms with Gasteiger partial charge < -0.3 is 15.5 Å². The highest BCUT2D eigenvalue weighted by molar-refractivity contribution is 5.80. The Bertz CT molecular complexity index is 625. The van der Waals surface area contributed by atoms with Crippen molar-refractivity contribution in [2.24, 2.45) is 17.1 Å². The van der Waals surface area contributed by atoms with E-state index >= 15 is 0 Å². The third-order valence-corrected chi connectivity index (χ3v) is 6.03. The van der Waals surface area contributed by atoms with Crippen LogP contribution >= 0.6 is 0 Å². The molecule has 1 aromatic rings. The number of piperidine rings is 1. The molecule has 0 spiro atoms. The molecule has 0 aromatic heterocycles. The second-order valence-electron chi connectivity index (χ2n) is 8.17. The molecule has 0 saturated carbocycles. The number of nitrogens with zero attached hydrogens (tertiary/aromatic N) is 2. The number of nitrogens with two attached hydrogens (primary N) is 1. The first kappa shape index (κ1) is 18.9. The maximum atomic E-state index is 12.8. The van der Waals surface area contributed by atoms with Crippen molar-refractivity contribution in [1.29, 1.82) is 0 Å². The second-order valence-corrected chi connectivity index (χ2v) is 8.17. The first-order valence-corrected chi connectivity index (χ1v) is 9.81. The van der Waals surface area contributed by atoms with Crippen LogP contribution in [0.3, 0.4) is 0 Å². The molecule has 3 rings (SSSR count). The molecule has 0 aliphatic carbocycles. The maximum absolute atomic E-state index is 12.8. The summed E-state index contributed by atoms with van der Waals surface area (Å²) in [6, 6.07) is 10.1. The standard InChI is InChI=1S/C21H31N3O2/c1-21(15-22)11-14-24(16-21)20(26)18-9-12-23(13-10-18)19(25)8-7-17-5-3-2-4-6-17/h2-6,18H,7-16,22H2,1H3. The molecule has 26 heavy (non-hydrogen) atoms. The molecular weight excluding hydrogens is 326 g/mol. The SMILES string of the molecule is CC1(CN)CCN(C(=O)C2CCN(C(=O)CCc3ccccc3)CC2)C1. The number of hydrogen-bond acceptors (Lipinski definition) is 3. The van der Waals surface area contributed by atoms with Gasteiger partial charge in [-0.1, -0.05) is 37.3 Å². The Kier molecular flexibility index (Phi) is 5.97. The quantitative estimate of drug-likeness (QED) is 0.877. The minimum absolute atomic E-state index is 0.0632. The Morgan fingerprint density at radius 1 is 1.12 bits per heavy atom. The summed E-state index contributed by atoms with van der Waals surface area (Å²) >= 11 is 0. The lowest BCUT2D eigenvalue weighted by molar-refractivity contribution is -0.140. The first-order chi connectivity index (χ1) is 12.5. The fourth-order valence-corrected chi connectivity index (χ4v) is 4.07. The van der Waals surface area contributed by atoms with Crippen LogP contribution in [0, 0.1) is 11.3 Å². The molecule has 2 heterocycles. The number of benzene rings is 1. The Morgan fingerprint density at radius 2 is 1.81 bits per heavy atom. The summed E-state index contributed by atoms with van der Waals surface area (Å²) in [4.78, 5) is 29.1. The van der Waals surface area contributed by atoms with Gasteiger partial charge in [0.15, 0.2) is 0 Å². The molecule has 1 atom stereocenters. The minimum atomic E-state index is 0.0632. The van der Waals surface area contributed by atoms with Crippen molar-refractivity contribution >= 4 is 11.8 Å². The van der Waals surface area contributed by atoms with Crippen molar-refractivity contribution < 1.29 is 9.59 Å². The van der Waals surface area contributed by atoms with Gasteiger partial charge in [0.1, 0.15) is 0 Å². The fourth-order valence-electron chi connectivity index (χ4n) is 4.07. The van der Waals surface area contributed by atoms with Crippen molar-refractivity contribution in [3.05, 3.63) is 35.9 Å². The van der Waals surface area contributed by atoms with E-state index in [2.05, 4.69) is 19.1 Å². The number of rotatable bonds is 5. The normalized spacial score (nSPS) is 24.1. The summed E-state index contributed by atoms with van der Waals surface area (Å²) in [5.74, 6) is 0.531. The second kappa shape index (κ2) is 8.21. The largest absolute Gasteiger partial charge is 0.343 e. The van der Waals surface area contributed by atoms with Crippen molar-refractivity contribution in [1.82, 2.24) is 9.80 Å². The Balaban J connectivity index is 1.44. The molecule has 2 fully saturated rings. The van der Waals surface area contributed by atoms with Gasteiger partial charge >= 0.3 is 0 Å². The lowest BCUT2D eigenvalue weighted by Crippen LogP contribution is -2.44. The molecule has 0 bridgehead atoms. The van der Waals surface area contributed by atoms with Crippen molar-refractivity contribution in [3.63, 3.8) is 0 Å². The molecule has 2 amide bonds. The molecule has 1 unspecified atom stereocenters. The van der Waals surface area contributed by atoms with Gasteiger partial charge in [-0.3, -0.25) is 9.59 Å². The maximum Gasteiger partial charge on any atom is 0.225 e. The molecule has 2 saturated heterocycles. The summed E-state index contributed by atoms with van der Waals surface area (Å²) in [6.45, 7) is 5.79. The lowest BCUT2D eigenvalue weighted by atomic mass is 9.90. The van der Waals surface area contributed by atoms with Crippen molar-refractivity contribution in [3.8, 4) is 0 Å². The Labute approximate surface area is 156 Å². The molecule has 1 aromatic carbocycles. The molecule has 2 N–H and O–H groups in total. The average molecular weight is 357 g/mol. The molecular formula is C21H31N3O2.